The number of aromatic nitrogens is 1. The Hall–Kier alpha value is -2.75. The molecule has 2 aromatic carbocycles. The molecule has 0 aliphatic heterocycles. The minimum atomic E-state index is 0.0586. The van der Waals surface area contributed by atoms with Crippen LogP contribution in [0.4, 0.5) is 5.69 Å². The second-order valence-corrected chi connectivity index (χ2v) is 4.75. The molecule has 1 heterocycles. The summed E-state index contributed by atoms with van der Waals surface area (Å²) in [7, 11) is 1.63. The van der Waals surface area contributed by atoms with Gasteiger partial charge in [-0.1, -0.05) is 18.2 Å². The molecule has 2 N–H and O–H groups in total. The van der Waals surface area contributed by atoms with Crippen molar-refractivity contribution in [3.05, 3.63) is 60.3 Å². The largest absolute Gasteiger partial charge is 0.497 e. The highest BCUT2D eigenvalue weighted by Gasteiger charge is 2.11. The molecule has 3 aromatic rings. The van der Waals surface area contributed by atoms with E-state index in [1.165, 1.54) is 0 Å². The molecule has 3 rings (SSSR count). The van der Waals surface area contributed by atoms with E-state index in [-0.39, 0.29) is 12.3 Å². The van der Waals surface area contributed by atoms with E-state index in [2.05, 4.69) is 10.3 Å². The van der Waals surface area contributed by atoms with Gasteiger partial charge in [0.2, 0.25) is 0 Å². The van der Waals surface area contributed by atoms with Crippen LogP contribution in [0.25, 0.3) is 10.9 Å². The minimum Gasteiger partial charge on any atom is -0.497 e. The Kier molecular flexibility index (Phi) is 3.60. The molecule has 0 aliphatic carbocycles. The average molecular weight is 280 g/mol. The Morgan fingerprint density at radius 1 is 1.14 bits per heavy atom. The van der Waals surface area contributed by atoms with Gasteiger partial charge in [-0.3, -0.25) is 4.79 Å². The summed E-state index contributed by atoms with van der Waals surface area (Å²) in [4.78, 5) is 15.4. The highest BCUT2D eigenvalue weighted by Crippen LogP contribution is 2.19. The van der Waals surface area contributed by atoms with Crippen LogP contribution in [-0.4, -0.2) is 24.4 Å². The first-order chi connectivity index (χ1) is 10.3. The van der Waals surface area contributed by atoms with Gasteiger partial charge >= 0.3 is 0 Å². The normalized spacial score (nSPS) is 10.5. The van der Waals surface area contributed by atoms with Gasteiger partial charge < -0.3 is 15.0 Å². The van der Waals surface area contributed by atoms with Gasteiger partial charge in [-0.15, -0.1) is 0 Å². The number of hydrogen-bond acceptors (Lipinski definition) is 3. The number of H-pyrrole nitrogens is 1. The molecule has 0 saturated heterocycles. The highest BCUT2D eigenvalue weighted by molar-refractivity contribution is 6.09. The predicted octanol–water partition coefficient (Wildman–Crippen LogP) is 3.47. The fourth-order valence-electron chi connectivity index (χ4n) is 2.29. The molecule has 21 heavy (non-hydrogen) atoms. The highest BCUT2D eigenvalue weighted by atomic mass is 16.5. The van der Waals surface area contributed by atoms with Gasteiger partial charge in [0.15, 0.2) is 5.78 Å². The number of para-hydroxylation sites is 1. The molecule has 0 fully saturated rings. The molecule has 1 aromatic heterocycles. The third kappa shape index (κ3) is 2.74. The predicted molar refractivity (Wildman–Crippen MR) is 84.1 cm³/mol. The lowest BCUT2D eigenvalue weighted by Gasteiger charge is -2.06. The van der Waals surface area contributed by atoms with Crippen molar-refractivity contribution in [3.63, 3.8) is 0 Å². The summed E-state index contributed by atoms with van der Waals surface area (Å²) in [5.74, 6) is 0.853. The number of aromatic amines is 1. The lowest BCUT2D eigenvalue weighted by Crippen LogP contribution is -2.13. The Morgan fingerprint density at radius 2 is 1.90 bits per heavy atom. The Bertz CT molecular complexity index is 760. The number of carbonyl (C=O) groups is 1. The maximum Gasteiger partial charge on any atom is 0.183 e. The number of rotatable bonds is 5. The van der Waals surface area contributed by atoms with E-state index in [1.807, 2.05) is 48.5 Å². The summed E-state index contributed by atoms with van der Waals surface area (Å²) in [5.41, 5.74) is 2.58. The third-order valence-electron chi connectivity index (χ3n) is 3.43. The van der Waals surface area contributed by atoms with Crippen molar-refractivity contribution in [2.24, 2.45) is 0 Å². The summed E-state index contributed by atoms with van der Waals surface area (Å²) in [5, 5.41) is 4.09. The van der Waals surface area contributed by atoms with Crippen LogP contribution in [0.5, 0.6) is 5.75 Å². The van der Waals surface area contributed by atoms with Crippen LogP contribution in [-0.2, 0) is 0 Å². The number of benzene rings is 2. The van der Waals surface area contributed by atoms with E-state index in [0.29, 0.717) is 5.56 Å². The first kappa shape index (κ1) is 13.2. The van der Waals surface area contributed by atoms with Gasteiger partial charge in [0.1, 0.15) is 5.75 Å². The number of ketones is 1. The zero-order valence-corrected chi connectivity index (χ0v) is 11.7. The summed E-state index contributed by atoms with van der Waals surface area (Å²) >= 11 is 0. The van der Waals surface area contributed by atoms with Crippen LogP contribution in [0.2, 0.25) is 0 Å². The number of methoxy groups -OCH3 is 1. The fraction of sp³-hybridized carbons (Fsp3) is 0.118. The number of nitrogens with one attached hydrogen (secondary N) is 2. The smallest absolute Gasteiger partial charge is 0.183 e. The van der Waals surface area contributed by atoms with E-state index < -0.39 is 0 Å². The van der Waals surface area contributed by atoms with E-state index in [4.69, 9.17) is 4.74 Å². The third-order valence-corrected chi connectivity index (χ3v) is 3.43. The fourth-order valence-corrected chi connectivity index (χ4v) is 2.29. The van der Waals surface area contributed by atoms with Gasteiger partial charge in [0.05, 0.1) is 13.7 Å². The lowest BCUT2D eigenvalue weighted by molar-refractivity contribution is 0.101. The molecular formula is C17H16N2O2. The molecule has 4 nitrogen and oxygen atoms in total. The lowest BCUT2D eigenvalue weighted by atomic mass is 10.1. The standard InChI is InChI=1S/C17H16N2O2/c1-21-13-8-6-12(7-9-13)18-11-17(20)15-10-19-16-5-3-2-4-14(15)16/h2-10,18-19H,11H2,1H3. The van der Waals surface area contributed by atoms with E-state index in [1.54, 1.807) is 13.3 Å². The molecule has 4 heteroatoms. The van der Waals surface area contributed by atoms with Gasteiger partial charge in [-0.25, -0.2) is 0 Å². The zero-order chi connectivity index (χ0) is 14.7. The van der Waals surface area contributed by atoms with Crippen molar-refractivity contribution in [2.75, 3.05) is 19.0 Å². The van der Waals surface area contributed by atoms with Crippen molar-refractivity contribution in [3.8, 4) is 5.75 Å². The number of hydrogen-bond donors (Lipinski definition) is 2. The maximum absolute atomic E-state index is 12.3. The van der Waals surface area contributed by atoms with Crippen molar-refractivity contribution in [1.29, 1.82) is 0 Å². The number of anilines is 1. The maximum atomic E-state index is 12.3. The van der Waals surface area contributed by atoms with E-state index >= 15 is 0 Å². The SMILES string of the molecule is COc1ccc(NCC(=O)c2c[nH]c3ccccc23)cc1. The van der Waals surface area contributed by atoms with Crippen LogP contribution >= 0.6 is 0 Å². The van der Waals surface area contributed by atoms with Crippen LogP contribution in [0, 0.1) is 0 Å². The van der Waals surface area contributed by atoms with Crippen LogP contribution in [0.15, 0.2) is 54.7 Å². The average Bonchev–Trinajstić information content (AvgIpc) is 2.97. The molecule has 0 atom stereocenters. The van der Waals surface area contributed by atoms with Crippen LogP contribution in [0.3, 0.4) is 0 Å². The van der Waals surface area contributed by atoms with Crippen molar-refractivity contribution >= 4 is 22.4 Å². The first-order valence-corrected chi connectivity index (χ1v) is 6.75. The van der Waals surface area contributed by atoms with Gasteiger partial charge in [-0.2, -0.15) is 0 Å². The second kappa shape index (κ2) is 5.71. The molecular weight excluding hydrogens is 264 g/mol. The molecule has 0 bridgehead atoms. The van der Waals surface area contributed by atoms with E-state index in [9.17, 15) is 4.79 Å². The van der Waals surface area contributed by atoms with Crippen molar-refractivity contribution in [1.82, 2.24) is 4.98 Å². The molecule has 0 amide bonds. The zero-order valence-electron chi connectivity index (χ0n) is 11.7. The molecule has 106 valence electrons. The Morgan fingerprint density at radius 3 is 2.67 bits per heavy atom. The number of fused-ring (bicyclic) bond motifs is 1. The number of Topliss-reactive ketones (excluding diaryl/α,β-unsaturated/α-hetero) is 1. The van der Waals surface area contributed by atoms with Crippen molar-refractivity contribution in [2.45, 2.75) is 0 Å². The second-order valence-electron chi connectivity index (χ2n) is 4.75. The Balaban J connectivity index is 1.71. The first-order valence-electron chi connectivity index (χ1n) is 6.75. The van der Waals surface area contributed by atoms with Gasteiger partial charge in [0, 0.05) is 28.4 Å². The summed E-state index contributed by atoms with van der Waals surface area (Å²) in [6.07, 6.45) is 1.77. The van der Waals surface area contributed by atoms with Crippen LogP contribution in [0.1, 0.15) is 10.4 Å². The molecule has 0 spiro atoms. The number of ether oxygens (including phenoxy) is 1. The number of carbonyl (C=O) groups excluding carboxylic acids is 1. The van der Waals surface area contributed by atoms with Gasteiger partial charge in [-0.05, 0) is 30.3 Å². The molecule has 0 unspecified atom stereocenters. The monoisotopic (exact) mass is 280 g/mol. The summed E-state index contributed by atoms with van der Waals surface area (Å²) in [6, 6.07) is 15.3. The minimum absolute atomic E-state index is 0.0586. The molecule has 0 radical (unpaired) electrons. The Labute approximate surface area is 122 Å². The molecule has 0 aliphatic rings. The summed E-state index contributed by atoms with van der Waals surface area (Å²) in [6.45, 7) is 0.258. The van der Waals surface area contributed by atoms with Crippen LogP contribution < -0.4 is 10.1 Å². The van der Waals surface area contributed by atoms with Gasteiger partial charge in [0.25, 0.3) is 0 Å². The van der Waals surface area contributed by atoms with E-state index in [0.717, 1.165) is 22.3 Å². The summed E-state index contributed by atoms with van der Waals surface area (Å²) < 4.78 is 5.10. The van der Waals surface area contributed by atoms with Crippen molar-refractivity contribution < 1.29 is 9.53 Å². The quantitative estimate of drug-likeness (QED) is 0.704. The molecule has 0 saturated carbocycles. The topological polar surface area (TPSA) is 54.1 Å².